The molecule has 7 aromatic carbocycles. The van der Waals surface area contributed by atoms with Crippen LogP contribution in [0.25, 0.3) is 42.1 Å². The maximum Gasteiger partial charge on any atom is 0.137 e. The van der Waals surface area contributed by atoms with Gasteiger partial charge in [0.2, 0.25) is 0 Å². The molecule has 0 saturated carbocycles. The molecule has 2 heterocycles. The van der Waals surface area contributed by atoms with Gasteiger partial charge in [0.1, 0.15) is 11.2 Å². The Kier molecular flexibility index (Phi) is 6.32. The van der Waals surface area contributed by atoms with E-state index < -0.39 is 0 Å². The average molecular weight is 609 g/mol. The maximum atomic E-state index is 6.38. The molecule has 218 valence electrons. The van der Waals surface area contributed by atoms with Gasteiger partial charge in [0.15, 0.2) is 0 Å². The molecule has 0 unspecified atom stereocenters. The molecule has 0 radical (unpaired) electrons. The van der Waals surface area contributed by atoms with Crippen LogP contribution < -0.4 is 9.80 Å². The van der Waals surface area contributed by atoms with Crippen molar-refractivity contribution in [1.29, 1.82) is 0 Å². The highest BCUT2D eigenvalue weighted by molar-refractivity contribution is 7.26. The van der Waals surface area contributed by atoms with Crippen molar-refractivity contribution in [1.82, 2.24) is 0 Å². The van der Waals surface area contributed by atoms with Crippen molar-refractivity contribution < 1.29 is 4.42 Å². The van der Waals surface area contributed by atoms with Gasteiger partial charge in [-0.2, -0.15) is 0 Å². The molecule has 0 saturated heterocycles. The van der Waals surface area contributed by atoms with Gasteiger partial charge < -0.3 is 14.2 Å². The Morgan fingerprint density at radius 1 is 0.348 bits per heavy atom. The number of benzene rings is 7. The second kappa shape index (κ2) is 11.0. The third-order valence-electron chi connectivity index (χ3n) is 8.62. The van der Waals surface area contributed by atoms with Crippen LogP contribution >= 0.6 is 11.3 Å². The van der Waals surface area contributed by atoms with Crippen LogP contribution in [0.2, 0.25) is 0 Å². The molecule has 0 spiro atoms. The van der Waals surface area contributed by atoms with Crippen molar-refractivity contribution in [2.45, 2.75) is 0 Å². The molecule has 0 bridgehead atoms. The van der Waals surface area contributed by atoms with E-state index in [0.717, 1.165) is 56.1 Å². The Balaban J connectivity index is 1.38. The predicted molar refractivity (Wildman–Crippen MR) is 196 cm³/mol. The van der Waals surface area contributed by atoms with E-state index in [0.29, 0.717) is 0 Å². The number of hydrogen-bond acceptors (Lipinski definition) is 4. The van der Waals surface area contributed by atoms with Crippen LogP contribution in [0.4, 0.5) is 34.1 Å². The highest BCUT2D eigenvalue weighted by atomic mass is 32.1. The first-order valence-corrected chi connectivity index (χ1v) is 16.3. The summed E-state index contributed by atoms with van der Waals surface area (Å²) in [4.78, 5) is 4.79. The fourth-order valence-electron chi connectivity index (χ4n) is 6.71. The molecule has 46 heavy (non-hydrogen) atoms. The molecule has 4 heteroatoms. The summed E-state index contributed by atoms with van der Waals surface area (Å²) >= 11 is 1.84. The van der Waals surface area contributed by atoms with Crippen molar-refractivity contribution >= 4 is 87.6 Å². The number of hydrogen-bond donors (Lipinski definition) is 0. The summed E-state index contributed by atoms with van der Waals surface area (Å²) in [6, 6.07) is 60.1. The van der Waals surface area contributed by atoms with E-state index in [1.165, 1.54) is 20.2 Å². The SMILES string of the molecule is c1ccc(N(c2ccccc2)c2cccc3sc4cccc(N(c5ccccc5)c5cccc6oc7ccccc7c56)c4c23)cc1. The summed E-state index contributed by atoms with van der Waals surface area (Å²) in [6.45, 7) is 0. The molecule has 2 aromatic heterocycles. The molecule has 0 aliphatic rings. The molecular formula is C42H28N2OS. The first-order chi connectivity index (χ1) is 22.8. The van der Waals surface area contributed by atoms with Crippen molar-refractivity contribution in [3.8, 4) is 0 Å². The molecule has 0 aliphatic carbocycles. The van der Waals surface area contributed by atoms with E-state index in [1.54, 1.807) is 0 Å². The number of rotatable bonds is 6. The number of thiophene rings is 1. The van der Waals surface area contributed by atoms with Crippen LogP contribution in [-0.4, -0.2) is 0 Å². The fraction of sp³-hybridized carbons (Fsp3) is 0. The number of nitrogens with zero attached hydrogens (tertiary/aromatic N) is 2. The molecule has 3 nitrogen and oxygen atoms in total. The number of furan rings is 1. The molecule has 0 aliphatic heterocycles. The van der Waals surface area contributed by atoms with Crippen molar-refractivity contribution in [2.24, 2.45) is 0 Å². The van der Waals surface area contributed by atoms with Crippen LogP contribution in [0.15, 0.2) is 174 Å². The van der Waals surface area contributed by atoms with Gasteiger partial charge in [0, 0.05) is 42.6 Å². The lowest BCUT2D eigenvalue weighted by Crippen LogP contribution is -2.12. The summed E-state index contributed by atoms with van der Waals surface area (Å²) in [5.74, 6) is 0. The monoisotopic (exact) mass is 608 g/mol. The van der Waals surface area contributed by atoms with Gasteiger partial charge in [0.05, 0.1) is 22.4 Å². The van der Waals surface area contributed by atoms with E-state index in [9.17, 15) is 0 Å². The Morgan fingerprint density at radius 2 is 0.783 bits per heavy atom. The second-order valence-electron chi connectivity index (χ2n) is 11.3. The summed E-state index contributed by atoms with van der Waals surface area (Å²) in [7, 11) is 0. The summed E-state index contributed by atoms with van der Waals surface area (Å²) in [5, 5.41) is 4.67. The zero-order valence-electron chi connectivity index (χ0n) is 24.9. The lowest BCUT2D eigenvalue weighted by atomic mass is 10.0. The van der Waals surface area contributed by atoms with Crippen LogP contribution in [-0.2, 0) is 0 Å². The van der Waals surface area contributed by atoms with E-state index in [-0.39, 0.29) is 0 Å². The topological polar surface area (TPSA) is 19.6 Å². The first kappa shape index (κ1) is 26.6. The number of fused-ring (bicyclic) bond motifs is 6. The fourth-order valence-corrected chi connectivity index (χ4v) is 7.86. The van der Waals surface area contributed by atoms with E-state index in [2.05, 4.69) is 168 Å². The Morgan fingerprint density at radius 3 is 1.37 bits per heavy atom. The molecule has 0 N–H and O–H groups in total. The van der Waals surface area contributed by atoms with Gasteiger partial charge >= 0.3 is 0 Å². The number of para-hydroxylation sites is 4. The van der Waals surface area contributed by atoms with Crippen LogP contribution in [0, 0.1) is 0 Å². The normalized spacial score (nSPS) is 11.5. The minimum atomic E-state index is 0.877. The lowest BCUT2D eigenvalue weighted by Gasteiger charge is -2.29. The average Bonchev–Trinajstić information content (AvgIpc) is 3.70. The second-order valence-corrected chi connectivity index (χ2v) is 12.4. The van der Waals surface area contributed by atoms with Gasteiger partial charge in [-0.15, -0.1) is 11.3 Å². The van der Waals surface area contributed by atoms with E-state index >= 15 is 0 Å². The van der Waals surface area contributed by atoms with Crippen molar-refractivity contribution in [2.75, 3.05) is 9.80 Å². The smallest absolute Gasteiger partial charge is 0.137 e. The zero-order valence-corrected chi connectivity index (χ0v) is 25.7. The highest BCUT2D eigenvalue weighted by Crippen LogP contribution is 2.51. The molecule has 0 fully saturated rings. The highest BCUT2D eigenvalue weighted by Gasteiger charge is 2.24. The molecule has 9 rings (SSSR count). The first-order valence-electron chi connectivity index (χ1n) is 15.4. The molecule has 0 atom stereocenters. The number of anilines is 6. The standard InChI is InChI=1S/C42H28N2OS/c1-4-15-29(16-5-1)43(30-17-6-2-7-18-30)34-23-13-27-38-41(34)42-35(24-14-28-39(42)46-38)44(31-19-8-3-9-20-31)33-22-12-26-37-40(33)32-21-10-11-25-36(32)45-37/h1-28H. The van der Waals surface area contributed by atoms with Gasteiger partial charge in [-0.3, -0.25) is 0 Å². The maximum absolute atomic E-state index is 6.38. The van der Waals surface area contributed by atoms with Crippen molar-refractivity contribution in [3.05, 3.63) is 170 Å². The zero-order chi connectivity index (χ0) is 30.5. The third kappa shape index (κ3) is 4.26. The summed E-state index contributed by atoms with van der Waals surface area (Å²) in [5.41, 5.74) is 8.45. The lowest BCUT2D eigenvalue weighted by molar-refractivity contribution is 0.669. The molecule has 0 amide bonds. The Hall–Kier alpha value is -5.84. The summed E-state index contributed by atoms with van der Waals surface area (Å²) < 4.78 is 8.86. The van der Waals surface area contributed by atoms with Crippen LogP contribution in [0.5, 0.6) is 0 Å². The predicted octanol–water partition coefficient (Wildman–Crippen LogP) is 12.9. The van der Waals surface area contributed by atoms with Gasteiger partial charge in [-0.25, -0.2) is 0 Å². The minimum Gasteiger partial charge on any atom is -0.456 e. The van der Waals surface area contributed by atoms with Gasteiger partial charge in [0.25, 0.3) is 0 Å². The summed E-state index contributed by atoms with van der Waals surface area (Å²) in [6.07, 6.45) is 0. The Labute approximate surface area is 270 Å². The van der Waals surface area contributed by atoms with Crippen molar-refractivity contribution in [3.63, 3.8) is 0 Å². The third-order valence-corrected chi connectivity index (χ3v) is 9.75. The molecule has 9 aromatic rings. The van der Waals surface area contributed by atoms with Gasteiger partial charge in [-0.1, -0.05) is 91.0 Å². The largest absolute Gasteiger partial charge is 0.456 e. The van der Waals surface area contributed by atoms with Gasteiger partial charge in [-0.05, 0) is 78.9 Å². The Bertz CT molecular complexity index is 2440. The van der Waals surface area contributed by atoms with E-state index in [4.69, 9.17) is 4.42 Å². The van der Waals surface area contributed by atoms with Crippen LogP contribution in [0.3, 0.4) is 0 Å². The molecular weight excluding hydrogens is 581 g/mol. The van der Waals surface area contributed by atoms with Crippen LogP contribution in [0.1, 0.15) is 0 Å². The minimum absolute atomic E-state index is 0.877. The quantitative estimate of drug-likeness (QED) is 0.187. The van der Waals surface area contributed by atoms with E-state index in [1.807, 2.05) is 23.5 Å².